The van der Waals surface area contributed by atoms with Gasteiger partial charge in [0.1, 0.15) is 12.4 Å². The van der Waals surface area contributed by atoms with Gasteiger partial charge in [0.25, 0.3) is 11.8 Å². The number of anilines is 1. The van der Waals surface area contributed by atoms with Crippen LogP contribution < -0.4 is 15.4 Å². The van der Waals surface area contributed by atoms with Gasteiger partial charge in [-0.2, -0.15) is 0 Å². The van der Waals surface area contributed by atoms with Crippen LogP contribution in [0, 0.1) is 0 Å². The first kappa shape index (κ1) is 22.7. The van der Waals surface area contributed by atoms with Gasteiger partial charge >= 0.3 is 0 Å². The molecule has 0 aliphatic carbocycles. The van der Waals surface area contributed by atoms with E-state index in [1.54, 1.807) is 55.6 Å². The van der Waals surface area contributed by atoms with Gasteiger partial charge in [-0.25, -0.2) is 0 Å². The van der Waals surface area contributed by atoms with Gasteiger partial charge in [-0.05, 0) is 73.9 Å². The maximum atomic E-state index is 12.7. The SMILES string of the molecule is COCCOc1ccc(C(=O)NC(=S)Nc2cccc(C(=O)N3CCCCC3)c2)cc1. The van der Waals surface area contributed by atoms with Crippen LogP contribution in [-0.4, -0.2) is 55.2 Å². The van der Waals surface area contributed by atoms with Crippen LogP contribution in [-0.2, 0) is 4.74 Å². The standard InChI is InChI=1S/C23H27N3O4S/c1-29-14-15-30-20-10-8-17(9-11-20)21(27)25-23(31)24-19-7-5-6-18(16-19)22(28)26-12-3-2-4-13-26/h5-11,16H,2-4,12-15H2,1H3,(H2,24,25,27,31). The molecule has 1 aliphatic heterocycles. The summed E-state index contributed by atoms with van der Waals surface area (Å²) in [5.74, 6) is 0.345. The lowest BCUT2D eigenvalue weighted by Gasteiger charge is -2.26. The van der Waals surface area contributed by atoms with Crippen LogP contribution in [0.1, 0.15) is 40.0 Å². The van der Waals surface area contributed by atoms with Crippen LogP contribution in [0.4, 0.5) is 5.69 Å². The van der Waals surface area contributed by atoms with E-state index in [2.05, 4.69) is 10.6 Å². The van der Waals surface area contributed by atoms with Crippen molar-refractivity contribution in [2.75, 3.05) is 38.7 Å². The number of hydrogen-bond acceptors (Lipinski definition) is 5. The van der Waals surface area contributed by atoms with Gasteiger partial charge in [0.2, 0.25) is 0 Å². The molecule has 2 aromatic carbocycles. The number of nitrogens with one attached hydrogen (secondary N) is 2. The lowest BCUT2D eigenvalue weighted by molar-refractivity contribution is 0.0724. The molecule has 3 rings (SSSR count). The molecule has 1 heterocycles. The third-order valence-electron chi connectivity index (χ3n) is 4.91. The molecule has 0 saturated carbocycles. The number of piperidine rings is 1. The first-order valence-electron chi connectivity index (χ1n) is 10.3. The lowest BCUT2D eigenvalue weighted by atomic mass is 10.1. The van der Waals surface area contributed by atoms with Gasteiger partial charge in [-0.1, -0.05) is 6.07 Å². The average molecular weight is 442 g/mol. The molecule has 31 heavy (non-hydrogen) atoms. The van der Waals surface area contributed by atoms with Crippen LogP contribution in [0.5, 0.6) is 5.75 Å². The molecule has 1 fully saturated rings. The first-order chi connectivity index (χ1) is 15.1. The van der Waals surface area contributed by atoms with Crippen LogP contribution in [0.3, 0.4) is 0 Å². The van der Waals surface area contributed by atoms with Crippen LogP contribution in [0.2, 0.25) is 0 Å². The number of ether oxygens (including phenoxy) is 2. The molecule has 0 unspecified atom stereocenters. The molecule has 2 aromatic rings. The van der Waals surface area contributed by atoms with E-state index in [4.69, 9.17) is 21.7 Å². The predicted molar refractivity (Wildman–Crippen MR) is 124 cm³/mol. The molecule has 0 radical (unpaired) electrons. The van der Waals surface area contributed by atoms with Crippen LogP contribution >= 0.6 is 12.2 Å². The van der Waals surface area contributed by atoms with Gasteiger partial charge < -0.3 is 19.7 Å². The average Bonchev–Trinajstić information content (AvgIpc) is 2.80. The maximum absolute atomic E-state index is 12.7. The smallest absolute Gasteiger partial charge is 0.257 e. The second-order valence-electron chi connectivity index (χ2n) is 7.21. The van der Waals surface area contributed by atoms with Crippen LogP contribution in [0.15, 0.2) is 48.5 Å². The summed E-state index contributed by atoms with van der Waals surface area (Å²) in [7, 11) is 1.61. The van der Waals surface area contributed by atoms with Gasteiger partial charge in [-0.15, -0.1) is 0 Å². The van der Waals surface area contributed by atoms with Gasteiger partial charge in [0.05, 0.1) is 6.61 Å². The number of benzene rings is 2. The third-order valence-corrected chi connectivity index (χ3v) is 5.11. The van der Waals surface area contributed by atoms with Gasteiger partial charge in [0, 0.05) is 37.0 Å². The Morgan fingerprint density at radius 3 is 2.45 bits per heavy atom. The summed E-state index contributed by atoms with van der Waals surface area (Å²) in [6, 6.07) is 13.9. The maximum Gasteiger partial charge on any atom is 0.257 e. The molecular weight excluding hydrogens is 414 g/mol. The van der Waals surface area contributed by atoms with E-state index >= 15 is 0 Å². The fourth-order valence-electron chi connectivity index (χ4n) is 3.29. The Morgan fingerprint density at radius 2 is 1.74 bits per heavy atom. The largest absolute Gasteiger partial charge is 0.491 e. The zero-order valence-electron chi connectivity index (χ0n) is 17.6. The lowest BCUT2D eigenvalue weighted by Crippen LogP contribution is -2.36. The number of rotatable bonds is 7. The second kappa shape index (κ2) is 11.4. The number of likely N-dealkylation sites (tertiary alicyclic amines) is 1. The fraction of sp³-hybridized carbons (Fsp3) is 0.348. The highest BCUT2D eigenvalue weighted by Gasteiger charge is 2.18. The van der Waals surface area contributed by atoms with E-state index in [0.717, 1.165) is 25.9 Å². The minimum atomic E-state index is -0.332. The van der Waals surface area contributed by atoms with Crippen molar-refractivity contribution in [1.82, 2.24) is 10.2 Å². The van der Waals surface area contributed by atoms with E-state index in [0.29, 0.717) is 35.8 Å². The Bertz CT molecular complexity index is 911. The summed E-state index contributed by atoms with van der Waals surface area (Å²) in [6.45, 7) is 2.52. The third kappa shape index (κ3) is 6.77. The number of methoxy groups -OCH3 is 1. The van der Waals surface area contributed by atoms with Crippen molar-refractivity contribution in [3.63, 3.8) is 0 Å². The molecule has 8 heteroatoms. The summed E-state index contributed by atoms with van der Waals surface area (Å²) < 4.78 is 10.4. The number of nitrogens with zero attached hydrogens (tertiary/aromatic N) is 1. The molecule has 1 aliphatic rings. The van der Waals surface area contributed by atoms with E-state index in [1.165, 1.54) is 6.42 Å². The molecule has 0 aromatic heterocycles. The highest BCUT2D eigenvalue weighted by Crippen LogP contribution is 2.17. The Hall–Kier alpha value is -2.97. The quantitative estimate of drug-likeness (QED) is 0.506. The monoisotopic (exact) mass is 441 g/mol. The zero-order chi connectivity index (χ0) is 22.1. The number of hydrogen-bond donors (Lipinski definition) is 2. The number of thiocarbonyl (C=S) groups is 1. The molecule has 0 atom stereocenters. The summed E-state index contributed by atoms with van der Waals surface area (Å²) in [5.41, 5.74) is 1.71. The topological polar surface area (TPSA) is 79.9 Å². The van der Waals surface area contributed by atoms with Crippen LogP contribution in [0.25, 0.3) is 0 Å². The highest BCUT2D eigenvalue weighted by atomic mass is 32.1. The Kier molecular flexibility index (Phi) is 8.37. The second-order valence-corrected chi connectivity index (χ2v) is 7.62. The predicted octanol–water partition coefficient (Wildman–Crippen LogP) is 3.46. The van der Waals surface area contributed by atoms with E-state index in [-0.39, 0.29) is 16.9 Å². The molecular formula is C23H27N3O4S. The van der Waals surface area contributed by atoms with Crippen molar-refractivity contribution >= 4 is 34.8 Å². The molecule has 164 valence electrons. The van der Waals surface area contributed by atoms with E-state index in [9.17, 15) is 9.59 Å². The number of carbonyl (C=O) groups excluding carboxylic acids is 2. The number of amides is 2. The van der Waals surface area contributed by atoms with Crippen molar-refractivity contribution in [2.45, 2.75) is 19.3 Å². The normalized spacial score (nSPS) is 13.4. The molecule has 1 saturated heterocycles. The Balaban J connectivity index is 1.54. The van der Waals surface area contributed by atoms with Gasteiger partial charge in [-0.3, -0.25) is 14.9 Å². The van der Waals surface area contributed by atoms with E-state index in [1.807, 2.05) is 4.90 Å². The minimum absolute atomic E-state index is 0.0195. The van der Waals surface area contributed by atoms with Crippen molar-refractivity contribution < 1.29 is 19.1 Å². The van der Waals surface area contributed by atoms with Crippen molar-refractivity contribution in [3.8, 4) is 5.75 Å². The molecule has 2 amide bonds. The fourth-order valence-corrected chi connectivity index (χ4v) is 3.50. The number of carbonyl (C=O) groups is 2. The summed E-state index contributed by atoms with van der Waals surface area (Å²) >= 11 is 5.27. The Morgan fingerprint density at radius 1 is 1.00 bits per heavy atom. The van der Waals surface area contributed by atoms with Gasteiger partial charge in [0.15, 0.2) is 5.11 Å². The summed E-state index contributed by atoms with van der Waals surface area (Å²) in [6.07, 6.45) is 3.25. The molecule has 0 spiro atoms. The molecule has 7 nitrogen and oxygen atoms in total. The van der Waals surface area contributed by atoms with Crippen molar-refractivity contribution in [3.05, 3.63) is 59.7 Å². The summed E-state index contributed by atoms with van der Waals surface area (Å²) in [4.78, 5) is 27.0. The molecule has 2 N–H and O–H groups in total. The zero-order valence-corrected chi connectivity index (χ0v) is 18.4. The van der Waals surface area contributed by atoms with Crippen molar-refractivity contribution in [1.29, 1.82) is 0 Å². The first-order valence-corrected chi connectivity index (χ1v) is 10.7. The molecule has 0 bridgehead atoms. The summed E-state index contributed by atoms with van der Waals surface area (Å²) in [5, 5.41) is 5.79. The highest BCUT2D eigenvalue weighted by molar-refractivity contribution is 7.80. The van der Waals surface area contributed by atoms with Crippen molar-refractivity contribution in [2.24, 2.45) is 0 Å². The van der Waals surface area contributed by atoms with E-state index < -0.39 is 0 Å². The Labute approximate surface area is 187 Å². The minimum Gasteiger partial charge on any atom is -0.491 e.